The van der Waals surface area contributed by atoms with Gasteiger partial charge in [-0.25, -0.2) is 4.98 Å². The van der Waals surface area contributed by atoms with Crippen LogP contribution in [0.2, 0.25) is 0 Å². The summed E-state index contributed by atoms with van der Waals surface area (Å²) in [5.74, 6) is 0.598. The van der Waals surface area contributed by atoms with E-state index in [1.807, 2.05) is 6.26 Å². The minimum Gasteiger partial charge on any atom is -0.301 e. The Kier molecular flexibility index (Phi) is 4.12. The van der Waals surface area contributed by atoms with Crippen molar-refractivity contribution in [2.45, 2.75) is 38.8 Å². The van der Waals surface area contributed by atoms with Crippen molar-refractivity contribution < 1.29 is 0 Å². The Labute approximate surface area is 115 Å². The zero-order valence-electron chi connectivity index (χ0n) is 11.2. The molecule has 0 aliphatic heterocycles. The molecule has 0 amide bonds. The SMILES string of the molecule is CCC(C)Cc1c(C)sc2nc(SC)[nH]c(=O)c12. The van der Waals surface area contributed by atoms with Crippen molar-refractivity contribution in [3.63, 3.8) is 0 Å². The van der Waals surface area contributed by atoms with Crippen LogP contribution in [-0.2, 0) is 6.42 Å². The Morgan fingerprint density at radius 3 is 2.83 bits per heavy atom. The highest BCUT2D eigenvalue weighted by Gasteiger charge is 2.16. The Morgan fingerprint density at radius 1 is 1.50 bits per heavy atom. The summed E-state index contributed by atoms with van der Waals surface area (Å²) in [5.41, 5.74) is 1.19. The molecule has 5 heteroatoms. The van der Waals surface area contributed by atoms with E-state index < -0.39 is 0 Å². The summed E-state index contributed by atoms with van der Waals surface area (Å²) >= 11 is 3.10. The van der Waals surface area contributed by atoms with Crippen LogP contribution in [0.5, 0.6) is 0 Å². The average Bonchev–Trinajstić information content (AvgIpc) is 2.65. The van der Waals surface area contributed by atoms with Crippen LogP contribution in [0.15, 0.2) is 9.95 Å². The molecule has 2 aromatic rings. The van der Waals surface area contributed by atoms with Crippen molar-refractivity contribution in [2.24, 2.45) is 5.92 Å². The van der Waals surface area contributed by atoms with Gasteiger partial charge in [-0.1, -0.05) is 32.0 Å². The van der Waals surface area contributed by atoms with Crippen molar-refractivity contribution in [1.82, 2.24) is 9.97 Å². The highest BCUT2D eigenvalue weighted by atomic mass is 32.2. The molecule has 18 heavy (non-hydrogen) atoms. The highest BCUT2D eigenvalue weighted by Crippen LogP contribution is 2.30. The normalized spacial score (nSPS) is 13.1. The number of aryl methyl sites for hydroxylation is 1. The van der Waals surface area contributed by atoms with Gasteiger partial charge >= 0.3 is 0 Å². The topological polar surface area (TPSA) is 45.8 Å². The first-order valence-electron chi connectivity index (χ1n) is 6.13. The number of hydrogen-bond donors (Lipinski definition) is 1. The van der Waals surface area contributed by atoms with Gasteiger partial charge in [0.1, 0.15) is 4.83 Å². The second kappa shape index (κ2) is 5.45. The molecule has 0 radical (unpaired) electrons. The van der Waals surface area contributed by atoms with Crippen LogP contribution in [0, 0.1) is 12.8 Å². The standard InChI is InChI=1S/C13H18N2OS2/c1-5-7(2)6-9-8(3)18-12-10(9)11(16)14-13(15-12)17-4/h7H,5-6H2,1-4H3,(H,14,15,16). The van der Waals surface area contributed by atoms with Gasteiger partial charge in [-0.15, -0.1) is 11.3 Å². The third kappa shape index (κ3) is 2.47. The Morgan fingerprint density at radius 2 is 2.22 bits per heavy atom. The fourth-order valence-corrected chi connectivity index (χ4v) is 3.48. The van der Waals surface area contributed by atoms with E-state index in [-0.39, 0.29) is 5.56 Å². The first-order chi connectivity index (χ1) is 8.56. The number of H-pyrrole nitrogens is 1. The lowest BCUT2D eigenvalue weighted by atomic mass is 9.98. The molecule has 1 atom stereocenters. The smallest absolute Gasteiger partial charge is 0.260 e. The first-order valence-corrected chi connectivity index (χ1v) is 8.17. The van der Waals surface area contributed by atoms with Crippen LogP contribution in [-0.4, -0.2) is 16.2 Å². The van der Waals surface area contributed by atoms with Crippen molar-refractivity contribution in [1.29, 1.82) is 0 Å². The molecule has 0 aliphatic rings. The van der Waals surface area contributed by atoms with Gasteiger partial charge in [-0.05, 0) is 31.1 Å². The molecule has 1 N–H and O–H groups in total. The van der Waals surface area contributed by atoms with Gasteiger partial charge in [0.15, 0.2) is 5.16 Å². The van der Waals surface area contributed by atoms with Crippen LogP contribution >= 0.6 is 23.1 Å². The second-order valence-electron chi connectivity index (χ2n) is 4.61. The number of rotatable bonds is 4. The number of nitrogens with zero attached hydrogens (tertiary/aromatic N) is 1. The van der Waals surface area contributed by atoms with E-state index in [0.29, 0.717) is 11.1 Å². The molecule has 0 spiro atoms. The van der Waals surface area contributed by atoms with Crippen molar-refractivity contribution in [3.05, 3.63) is 20.8 Å². The van der Waals surface area contributed by atoms with Crippen LogP contribution < -0.4 is 5.56 Å². The van der Waals surface area contributed by atoms with E-state index in [0.717, 1.165) is 23.1 Å². The number of thiophene rings is 1. The Balaban J connectivity index is 2.60. The van der Waals surface area contributed by atoms with Crippen LogP contribution in [0.25, 0.3) is 10.2 Å². The number of aromatic amines is 1. The predicted octanol–water partition coefficient (Wildman–Crippen LogP) is 3.60. The lowest BCUT2D eigenvalue weighted by Crippen LogP contribution is -2.10. The third-order valence-electron chi connectivity index (χ3n) is 3.28. The fraction of sp³-hybridized carbons (Fsp3) is 0.538. The van der Waals surface area contributed by atoms with Gasteiger partial charge in [-0.2, -0.15) is 0 Å². The molecule has 0 aromatic carbocycles. The second-order valence-corrected chi connectivity index (χ2v) is 6.61. The van der Waals surface area contributed by atoms with Gasteiger partial charge in [0.05, 0.1) is 5.39 Å². The zero-order chi connectivity index (χ0) is 13.3. The van der Waals surface area contributed by atoms with E-state index in [2.05, 4.69) is 30.7 Å². The molecule has 0 saturated heterocycles. The molecular weight excluding hydrogens is 264 g/mol. The summed E-state index contributed by atoms with van der Waals surface area (Å²) in [6, 6.07) is 0. The molecule has 0 aliphatic carbocycles. The summed E-state index contributed by atoms with van der Waals surface area (Å²) in [5, 5.41) is 1.50. The van der Waals surface area contributed by atoms with Crippen molar-refractivity contribution in [2.75, 3.05) is 6.26 Å². The molecule has 2 rings (SSSR count). The van der Waals surface area contributed by atoms with Gasteiger partial charge in [0.2, 0.25) is 0 Å². The van der Waals surface area contributed by atoms with Crippen LogP contribution in [0.3, 0.4) is 0 Å². The lowest BCUT2D eigenvalue weighted by Gasteiger charge is -2.08. The predicted molar refractivity (Wildman–Crippen MR) is 79.9 cm³/mol. The summed E-state index contributed by atoms with van der Waals surface area (Å²) in [4.78, 5) is 21.6. The number of nitrogens with one attached hydrogen (secondary N) is 1. The van der Waals surface area contributed by atoms with Gasteiger partial charge in [-0.3, -0.25) is 4.79 Å². The number of fused-ring (bicyclic) bond motifs is 1. The monoisotopic (exact) mass is 282 g/mol. The van der Waals surface area contributed by atoms with E-state index in [1.54, 1.807) is 11.3 Å². The maximum atomic E-state index is 12.2. The maximum absolute atomic E-state index is 12.2. The molecule has 2 heterocycles. The van der Waals surface area contributed by atoms with E-state index in [9.17, 15) is 4.79 Å². The van der Waals surface area contributed by atoms with E-state index in [1.165, 1.54) is 22.2 Å². The quantitative estimate of drug-likeness (QED) is 0.688. The van der Waals surface area contributed by atoms with Crippen molar-refractivity contribution in [3.8, 4) is 0 Å². The molecule has 1 unspecified atom stereocenters. The molecule has 0 bridgehead atoms. The highest BCUT2D eigenvalue weighted by molar-refractivity contribution is 7.98. The fourth-order valence-electron chi connectivity index (χ4n) is 1.99. The minimum absolute atomic E-state index is 0.00648. The molecule has 98 valence electrons. The lowest BCUT2D eigenvalue weighted by molar-refractivity contribution is 0.561. The average molecular weight is 282 g/mol. The van der Waals surface area contributed by atoms with Gasteiger partial charge < -0.3 is 4.98 Å². The largest absolute Gasteiger partial charge is 0.301 e. The summed E-state index contributed by atoms with van der Waals surface area (Å²) < 4.78 is 0. The maximum Gasteiger partial charge on any atom is 0.260 e. The molecule has 3 nitrogen and oxygen atoms in total. The Bertz CT molecular complexity index is 615. The molecule has 0 fully saturated rings. The minimum atomic E-state index is 0.00648. The molecular formula is C13H18N2OS2. The van der Waals surface area contributed by atoms with E-state index in [4.69, 9.17) is 0 Å². The third-order valence-corrected chi connectivity index (χ3v) is 4.91. The number of hydrogen-bond acceptors (Lipinski definition) is 4. The van der Waals surface area contributed by atoms with Crippen molar-refractivity contribution >= 4 is 33.3 Å². The van der Waals surface area contributed by atoms with Crippen LogP contribution in [0.1, 0.15) is 30.7 Å². The Hall–Kier alpha value is -0.810. The molecule has 0 saturated carbocycles. The molecule has 2 aromatic heterocycles. The summed E-state index contributed by atoms with van der Waals surface area (Å²) in [7, 11) is 0. The summed E-state index contributed by atoms with van der Waals surface area (Å²) in [6.45, 7) is 6.49. The van der Waals surface area contributed by atoms with Gasteiger partial charge in [0.25, 0.3) is 5.56 Å². The van der Waals surface area contributed by atoms with Crippen LogP contribution in [0.4, 0.5) is 0 Å². The number of aromatic nitrogens is 2. The van der Waals surface area contributed by atoms with Gasteiger partial charge in [0, 0.05) is 4.88 Å². The summed E-state index contributed by atoms with van der Waals surface area (Å²) in [6.07, 6.45) is 4.02. The number of thioether (sulfide) groups is 1. The zero-order valence-corrected chi connectivity index (χ0v) is 12.8. The first kappa shape index (κ1) is 13.6. The van der Waals surface area contributed by atoms with E-state index >= 15 is 0 Å².